The molecule has 0 fully saturated rings. The topological polar surface area (TPSA) is 72.3 Å². The van der Waals surface area contributed by atoms with Gasteiger partial charge in [-0.1, -0.05) is 12.1 Å². The molecule has 0 radical (unpaired) electrons. The van der Waals surface area contributed by atoms with Gasteiger partial charge in [-0.05, 0) is 12.1 Å². The molecule has 0 unspecified atom stereocenters. The van der Waals surface area contributed by atoms with E-state index >= 15 is 0 Å². The number of carbonyl (C=O) groups is 1. The first-order chi connectivity index (χ1) is 8.59. The third kappa shape index (κ3) is 2.34. The number of rotatable bonds is 4. The average molecular weight is 254 g/mol. The monoisotopic (exact) mass is 254 g/mol. The van der Waals surface area contributed by atoms with Crippen molar-refractivity contribution in [1.29, 1.82) is 0 Å². The summed E-state index contributed by atoms with van der Waals surface area (Å²) in [4.78, 5) is 10.9. The summed E-state index contributed by atoms with van der Waals surface area (Å²) in [6.45, 7) is -0.893. The summed E-state index contributed by atoms with van der Waals surface area (Å²) in [5, 5.41) is 16.4. The number of benzene rings is 1. The van der Waals surface area contributed by atoms with Crippen LogP contribution in [-0.4, -0.2) is 34.3 Å². The van der Waals surface area contributed by atoms with Gasteiger partial charge in [0.25, 0.3) is 6.43 Å². The number of halogens is 2. The van der Waals surface area contributed by atoms with Crippen molar-refractivity contribution in [2.45, 2.75) is 6.43 Å². The molecule has 7 heteroatoms. The van der Waals surface area contributed by atoms with E-state index in [9.17, 15) is 13.6 Å². The highest BCUT2D eigenvalue weighted by molar-refractivity contribution is 5.96. The Morgan fingerprint density at radius 3 is 2.72 bits per heavy atom. The number of hydrogen-bond acceptors (Lipinski definition) is 4. The van der Waals surface area contributed by atoms with Crippen molar-refractivity contribution in [1.82, 2.24) is 10.2 Å². The van der Waals surface area contributed by atoms with Crippen molar-refractivity contribution in [2.75, 3.05) is 6.61 Å². The minimum atomic E-state index is -2.70. The summed E-state index contributed by atoms with van der Waals surface area (Å²) in [6.07, 6.45) is -2.70. The molecule has 0 saturated heterocycles. The molecule has 0 spiro atoms. The molecular weight excluding hydrogens is 246 g/mol. The predicted octanol–water partition coefficient (Wildman–Crippen LogP) is 1.97. The lowest BCUT2D eigenvalue weighted by Crippen LogP contribution is -2.12. The summed E-state index contributed by atoms with van der Waals surface area (Å²) in [7, 11) is 0. The van der Waals surface area contributed by atoms with Crippen LogP contribution in [-0.2, 0) is 0 Å². The summed E-state index contributed by atoms with van der Waals surface area (Å²) < 4.78 is 29.1. The number of alkyl halides is 2. The number of carboxylic acids is 1. The van der Waals surface area contributed by atoms with Gasteiger partial charge in [-0.2, -0.15) is 0 Å². The number of fused-ring (bicyclic) bond motifs is 1. The van der Waals surface area contributed by atoms with E-state index in [-0.39, 0.29) is 5.75 Å². The fourth-order valence-corrected chi connectivity index (χ4v) is 1.46. The van der Waals surface area contributed by atoms with Crippen LogP contribution in [0.3, 0.4) is 0 Å². The molecule has 0 aliphatic rings. The van der Waals surface area contributed by atoms with Gasteiger partial charge in [-0.25, -0.2) is 13.6 Å². The number of carboxylic acid groups (broad SMARTS) is 1. The normalized spacial score (nSPS) is 10.8. The molecule has 0 aliphatic heterocycles. The SMILES string of the molecule is O=C(O)c1nnc2ccccc2c1OCC(F)F. The predicted molar refractivity (Wildman–Crippen MR) is 58.0 cm³/mol. The number of nitrogens with zero attached hydrogens (tertiary/aromatic N) is 2. The average Bonchev–Trinajstić information content (AvgIpc) is 2.35. The fraction of sp³-hybridized carbons (Fsp3) is 0.182. The van der Waals surface area contributed by atoms with Gasteiger partial charge in [-0.3, -0.25) is 0 Å². The molecule has 1 heterocycles. The van der Waals surface area contributed by atoms with E-state index in [2.05, 4.69) is 10.2 Å². The zero-order valence-electron chi connectivity index (χ0n) is 9.01. The molecule has 5 nitrogen and oxygen atoms in total. The number of ether oxygens (including phenoxy) is 1. The maximum Gasteiger partial charge on any atom is 0.360 e. The Bertz CT molecular complexity index is 590. The molecular formula is C11H8F2N2O3. The van der Waals surface area contributed by atoms with Crippen LogP contribution in [0.15, 0.2) is 24.3 Å². The van der Waals surface area contributed by atoms with Gasteiger partial charge in [0.15, 0.2) is 5.75 Å². The van der Waals surface area contributed by atoms with E-state index in [4.69, 9.17) is 9.84 Å². The summed E-state index contributed by atoms with van der Waals surface area (Å²) in [5.74, 6) is -1.56. The second-order valence-electron chi connectivity index (χ2n) is 3.40. The van der Waals surface area contributed by atoms with Gasteiger partial charge in [0.05, 0.1) is 5.52 Å². The molecule has 1 aromatic heterocycles. The van der Waals surface area contributed by atoms with Crippen LogP contribution in [0.5, 0.6) is 5.75 Å². The van der Waals surface area contributed by atoms with Crippen molar-refractivity contribution in [3.63, 3.8) is 0 Å². The van der Waals surface area contributed by atoms with Crippen molar-refractivity contribution < 1.29 is 23.4 Å². The minimum absolute atomic E-state index is 0.187. The molecule has 0 atom stereocenters. The summed E-state index contributed by atoms with van der Waals surface area (Å²) >= 11 is 0. The van der Waals surface area contributed by atoms with E-state index < -0.39 is 24.7 Å². The highest BCUT2D eigenvalue weighted by atomic mass is 19.3. The Balaban J connectivity index is 2.55. The van der Waals surface area contributed by atoms with Crippen LogP contribution in [0.25, 0.3) is 10.9 Å². The highest BCUT2D eigenvalue weighted by Gasteiger charge is 2.19. The largest absolute Gasteiger partial charge is 0.484 e. The maximum atomic E-state index is 12.1. The van der Waals surface area contributed by atoms with Crippen molar-refractivity contribution in [3.05, 3.63) is 30.0 Å². The Labute approximate surface area is 100 Å². The van der Waals surface area contributed by atoms with Crippen LogP contribution in [0, 0.1) is 0 Å². The van der Waals surface area contributed by atoms with Crippen molar-refractivity contribution in [3.8, 4) is 5.75 Å². The lowest BCUT2D eigenvalue weighted by atomic mass is 10.2. The van der Waals surface area contributed by atoms with Gasteiger partial charge < -0.3 is 9.84 Å². The standard InChI is InChI=1S/C11H8F2N2O3/c12-8(13)5-18-10-6-3-1-2-4-7(6)14-15-9(10)11(16)17/h1-4,8H,5H2,(H,16,17). The van der Waals surface area contributed by atoms with Gasteiger partial charge in [-0.15, -0.1) is 10.2 Å². The Morgan fingerprint density at radius 2 is 2.06 bits per heavy atom. The Morgan fingerprint density at radius 1 is 1.33 bits per heavy atom. The van der Waals surface area contributed by atoms with E-state index in [1.165, 1.54) is 6.07 Å². The first kappa shape index (κ1) is 12.2. The van der Waals surface area contributed by atoms with Crippen LogP contribution >= 0.6 is 0 Å². The third-order valence-corrected chi connectivity index (χ3v) is 2.18. The molecule has 1 aromatic carbocycles. The van der Waals surface area contributed by atoms with Crippen LogP contribution in [0.2, 0.25) is 0 Å². The first-order valence-electron chi connectivity index (χ1n) is 4.99. The number of hydrogen-bond donors (Lipinski definition) is 1. The Hall–Kier alpha value is -2.31. The molecule has 0 saturated carbocycles. The summed E-state index contributed by atoms with van der Waals surface area (Å²) in [6, 6.07) is 6.43. The Kier molecular flexibility index (Phi) is 3.31. The maximum absolute atomic E-state index is 12.1. The number of aromatic carboxylic acids is 1. The fourth-order valence-electron chi connectivity index (χ4n) is 1.46. The molecule has 1 N–H and O–H groups in total. The van der Waals surface area contributed by atoms with E-state index in [1.54, 1.807) is 18.2 Å². The quantitative estimate of drug-likeness (QED) is 0.903. The minimum Gasteiger partial charge on any atom is -0.484 e. The highest BCUT2D eigenvalue weighted by Crippen LogP contribution is 2.27. The second-order valence-corrected chi connectivity index (χ2v) is 3.40. The zero-order chi connectivity index (χ0) is 13.1. The van der Waals surface area contributed by atoms with Crippen molar-refractivity contribution >= 4 is 16.9 Å². The van der Waals surface area contributed by atoms with E-state index in [1.807, 2.05) is 0 Å². The van der Waals surface area contributed by atoms with Gasteiger partial charge in [0.1, 0.15) is 6.61 Å². The lowest BCUT2D eigenvalue weighted by molar-refractivity contribution is 0.0656. The molecule has 0 aliphatic carbocycles. The molecule has 2 rings (SSSR count). The van der Waals surface area contributed by atoms with Crippen molar-refractivity contribution in [2.24, 2.45) is 0 Å². The number of aromatic nitrogens is 2. The lowest BCUT2D eigenvalue weighted by Gasteiger charge is -2.10. The molecule has 94 valence electrons. The van der Waals surface area contributed by atoms with Crippen LogP contribution in [0.1, 0.15) is 10.5 Å². The zero-order valence-corrected chi connectivity index (χ0v) is 9.01. The van der Waals surface area contributed by atoms with Crippen LogP contribution in [0.4, 0.5) is 8.78 Å². The third-order valence-electron chi connectivity index (χ3n) is 2.18. The first-order valence-corrected chi connectivity index (χ1v) is 4.99. The van der Waals surface area contributed by atoms with E-state index in [0.717, 1.165) is 0 Å². The summed E-state index contributed by atoms with van der Waals surface area (Å²) in [5.41, 5.74) is -0.0962. The molecule has 2 aromatic rings. The molecule has 0 amide bonds. The van der Waals surface area contributed by atoms with Gasteiger partial charge >= 0.3 is 5.97 Å². The van der Waals surface area contributed by atoms with E-state index in [0.29, 0.717) is 10.9 Å². The van der Waals surface area contributed by atoms with Crippen LogP contribution < -0.4 is 4.74 Å². The molecule has 0 bridgehead atoms. The van der Waals surface area contributed by atoms with Gasteiger partial charge in [0, 0.05) is 5.39 Å². The smallest absolute Gasteiger partial charge is 0.360 e. The molecule has 18 heavy (non-hydrogen) atoms. The second kappa shape index (κ2) is 4.91. The van der Waals surface area contributed by atoms with Gasteiger partial charge in [0.2, 0.25) is 5.69 Å².